The van der Waals surface area contributed by atoms with E-state index >= 15 is 0 Å². The Bertz CT molecular complexity index is 1350. The molecule has 0 saturated carbocycles. The Morgan fingerprint density at radius 2 is 1.77 bits per heavy atom. The van der Waals surface area contributed by atoms with Crippen LogP contribution in [0.2, 0.25) is 0 Å². The molecule has 1 unspecified atom stereocenters. The first-order valence-electron chi connectivity index (χ1n) is 11.2. The predicted octanol–water partition coefficient (Wildman–Crippen LogP) is 4.88. The van der Waals surface area contributed by atoms with Crippen molar-refractivity contribution in [3.63, 3.8) is 0 Å². The second kappa shape index (κ2) is 9.77. The van der Waals surface area contributed by atoms with Crippen LogP contribution in [0.1, 0.15) is 42.5 Å². The van der Waals surface area contributed by atoms with E-state index < -0.39 is 17.7 Å². The lowest BCUT2D eigenvalue weighted by Crippen LogP contribution is -2.29. The smallest absolute Gasteiger partial charge is 0.300 e. The van der Waals surface area contributed by atoms with E-state index in [4.69, 9.17) is 19.2 Å². The van der Waals surface area contributed by atoms with Crippen molar-refractivity contribution in [2.24, 2.45) is 0 Å². The van der Waals surface area contributed by atoms with E-state index in [0.717, 1.165) is 0 Å². The average Bonchev–Trinajstić information content (AvgIpc) is 3.40. The summed E-state index contributed by atoms with van der Waals surface area (Å²) in [5.41, 5.74) is 0.924. The molecule has 1 aliphatic heterocycles. The van der Waals surface area contributed by atoms with E-state index in [1.54, 1.807) is 68.4 Å². The average molecular weight is 472 g/mol. The van der Waals surface area contributed by atoms with Gasteiger partial charge in [0.2, 0.25) is 0 Å². The number of aryl methyl sites for hydroxylation is 1. The van der Waals surface area contributed by atoms with Crippen molar-refractivity contribution in [2.75, 3.05) is 18.1 Å². The first-order chi connectivity index (χ1) is 16.9. The maximum Gasteiger partial charge on any atom is 0.300 e. The fraction of sp³-hybridized carbons (Fsp3) is 0.222. The highest BCUT2D eigenvalue weighted by Gasteiger charge is 2.48. The van der Waals surface area contributed by atoms with Gasteiger partial charge >= 0.3 is 0 Å². The third-order valence-electron chi connectivity index (χ3n) is 5.57. The van der Waals surface area contributed by atoms with Crippen LogP contribution in [0.4, 0.5) is 5.69 Å². The summed E-state index contributed by atoms with van der Waals surface area (Å²) in [6, 6.07) is 15.5. The van der Waals surface area contributed by atoms with Crippen molar-refractivity contribution < 1.29 is 28.6 Å². The highest BCUT2D eigenvalue weighted by Crippen LogP contribution is 2.44. The highest BCUT2D eigenvalue weighted by molar-refractivity contribution is 6.51. The Hall–Kier alpha value is -4.51. The van der Waals surface area contributed by atoms with E-state index in [1.165, 1.54) is 4.90 Å². The van der Waals surface area contributed by atoms with E-state index in [-0.39, 0.29) is 16.9 Å². The minimum absolute atomic E-state index is 0.126. The van der Waals surface area contributed by atoms with Crippen molar-refractivity contribution in [2.45, 2.75) is 26.8 Å². The van der Waals surface area contributed by atoms with E-state index in [0.29, 0.717) is 47.5 Å². The number of ether oxygens (including phenoxy) is 2. The number of ketones is 1. The standard InChI is InChI=1S/C27H24N2O6/c1-4-33-19-11-12-20(22(14-19)34-5-2)25(30)23-24(21-13-6-16(3)35-21)29(27(32)26(23)31)18-9-7-17(15-28)8-10-18/h6-14,24,30H,4-5H2,1-3H3/b25-23-. The van der Waals surface area contributed by atoms with Gasteiger partial charge in [0.05, 0.1) is 36.0 Å². The molecule has 1 aliphatic rings. The molecular weight excluding hydrogens is 448 g/mol. The van der Waals surface area contributed by atoms with E-state index in [2.05, 4.69) is 0 Å². The van der Waals surface area contributed by atoms with Crippen LogP contribution in [0, 0.1) is 18.3 Å². The van der Waals surface area contributed by atoms with Crippen LogP contribution >= 0.6 is 0 Å². The van der Waals surface area contributed by atoms with Gasteiger partial charge in [0.15, 0.2) is 0 Å². The van der Waals surface area contributed by atoms with Crippen LogP contribution in [0.15, 0.2) is 64.6 Å². The summed E-state index contributed by atoms with van der Waals surface area (Å²) in [5, 5.41) is 20.5. The fourth-order valence-electron chi connectivity index (χ4n) is 4.04. The van der Waals surface area contributed by atoms with Gasteiger partial charge in [-0.25, -0.2) is 0 Å². The first kappa shape index (κ1) is 23.6. The van der Waals surface area contributed by atoms with E-state index in [9.17, 15) is 14.7 Å². The van der Waals surface area contributed by atoms with Crippen molar-refractivity contribution >= 4 is 23.1 Å². The number of carbonyl (C=O) groups is 2. The summed E-state index contributed by atoms with van der Waals surface area (Å²) in [5.74, 6) is -0.303. The van der Waals surface area contributed by atoms with Gasteiger partial charge in [0.25, 0.3) is 11.7 Å². The molecule has 1 aromatic heterocycles. The number of nitriles is 1. The molecule has 1 amide bonds. The third-order valence-corrected chi connectivity index (χ3v) is 5.57. The van der Waals surface area contributed by atoms with Crippen molar-refractivity contribution in [3.05, 3.63) is 82.8 Å². The molecule has 3 aromatic rings. The van der Waals surface area contributed by atoms with E-state index in [1.807, 2.05) is 13.0 Å². The molecule has 1 atom stereocenters. The monoisotopic (exact) mass is 472 g/mol. The van der Waals surface area contributed by atoms with Crippen LogP contribution in [0.5, 0.6) is 11.5 Å². The summed E-state index contributed by atoms with van der Waals surface area (Å²) in [7, 11) is 0. The van der Waals surface area contributed by atoms with Gasteiger partial charge in [0.1, 0.15) is 34.8 Å². The third kappa shape index (κ3) is 4.36. The zero-order valence-electron chi connectivity index (χ0n) is 19.6. The van der Waals surface area contributed by atoms with Crippen molar-refractivity contribution in [3.8, 4) is 17.6 Å². The Balaban J connectivity index is 1.91. The summed E-state index contributed by atoms with van der Waals surface area (Å²) in [6.07, 6.45) is 0. The summed E-state index contributed by atoms with van der Waals surface area (Å²) in [6.45, 7) is 6.16. The van der Waals surface area contributed by atoms with Crippen LogP contribution in [-0.2, 0) is 9.59 Å². The van der Waals surface area contributed by atoms with Crippen molar-refractivity contribution in [1.29, 1.82) is 5.26 Å². The number of furan rings is 1. The molecule has 8 heteroatoms. The van der Waals surface area contributed by atoms with Gasteiger partial charge in [-0.3, -0.25) is 14.5 Å². The number of Topliss-reactive ketones (excluding diaryl/α,β-unsaturated/α-hetero) is 1. The van der Waals surface area contributed by atoms with Gasteiger partial charge in [0, 0.05) is 11.8 Å². The minimum Gasteiger partial charge on any atom is -0.507 e. The zero-order chi connectivity index (χ0) is 25.1. The molecule has 8 nitrogen and oxygen atoms in total. The molecule has 178 valence electrons. The topological polar surface area (TPSA) is 113 Å². The molecule has 1 saturated heterocycles. The second-order valence-electron chi connectivity index (χ2n) is 7.80. The molecule has 4 rings (SSSR count). The lowest BCUT2D eigenvalue weighted by molar-refractivity contribution is -0.132. The predicted molar refractivity (Wildman–Crippen MR) is 128 cm³/mol. The number of nitrogens with zero attached hydrogens (tertiary/aromatic N) is 2. The van der Waals surface area contributed by atoms with Gasteiger partial charge in [-0.2, -0.15) is 5.26 Å². The Kier molecular flexibility index (Phi) is 6.60. The molecule has 1 fully saturated rings. The maximum absolute atomic E-state index is 13.3. The number of benzene rings is 2. The molecular formula is C27H24N2O6. The Labute approximate surface area is 202 Å². The molecule has 0 spiro atoms. The maximum atomic E-state index is 13.3. The van der Waals surface area contributed by atoms with Gasteiger partial charge < -0.3 is 19.0 Å². The lowest BCUT2D eigenvalue weighted by atomic mass is 9.98. The number of aliphatic hydroxyl groups excluding tert-OH is 1. The largest absolute Gasteiger partial charge is 0.507 e. The number of aliphatic hydroxyl groups is 1. The molecule has 0 radical (unpaired) electrons. The SMILES string of the molecule is CCOc1ccc(/C(O)=C2/C(=O)C(=O)N(c3ccc(C#N)cc3)C2c2ccc(C)o2)c(OCC)c1. The molecule has 0 bridgehead atoms. The van der Waals surface area contributed by atoms with Crippen LogP contribution in [0.25, 0.3) is 5.76 Å². The first-order valence-corrected chi connectivity index (χ1v) is 11.2. The second-order valence-corrected chi connectivity index (χ2v) is 7.80. The number of hydrogen-bond donors (Lipinski definition) is 1. The summed E-state index contributed by atoms with van der Waals surface area (Å²) in [4.78, 5) is 27.8. The Morgan fingerprint density at radius 3 is 2.37 bits per heavy atom. The molecule has 35 heavy (non-hydrogen) atoms. The van der Waals surface area contributed by atoms with Crippen LogP contribution < -0.4 is 14.4 Å². The number of hydrogen-bond acceptors (Lipinski definition) is 7. The summed E-state index contributed by atoms with van der Waals surface area (Å²) >= 11 is 0. The molecule has 2 heterocycles. The number of rotatable bonds is 7. The van der Waals surface area contributed by atoms with Crippen LogP contribution in [-0.4, -0.2) is 30.0 Å². The number of amides is 1. The van der Waals surface area contributed by atoms with Crippen LogP contribution in [0.3, 0.4) is 0 Å². The zero-order valence-corrected chi connectivity index (χ0v) is 19.6. The Morgan fingerprint density at radius 1 is 1.06 bits per heavy atom. The number of anilines is 1. The van der Waals surface area contributed by atoms with Gasteiger partial charge in [-0.15, -0.1) is 0 Å². The minimum atomic E-state index is -1.02. The highest BCUT2D eigenvalue weighted by atomic mass is 16.5. The lowest BCUT2D eigenvalue weighted by Gasteiger charge is -2.23. The van der Waals surface area contributed by atoms with Gasteiger partial charge in [-0.05, 0) is 69.3 Å². The fourth-order valence-corrected chi connectivity index (χ4v) is 4.04. The quantitative estimate of drug-likeness (QED) is 0.296. The molecule has 1 N–H and O–H groups in total. The molecule has 0 aliphatic carbocycles. The number of carbonyl (C=O) groups excluding carboxylic acids is 2. The van der Waals surface area contributed by atoms with Gasteiger partial charge in [-0.1, -0.05) is 0 Å². The summed E-state index contributed by atoms with van der Waals surface area (Å²) < 4.78 is 17.1. The molecule has 2 aromatic carbocycles. The van der Waals surface area contributed by atoms with Crippen molar-refractivity contribution in [1.82, 2.24) is 0 Å². The normalized spacial score (nSPS) is 16.9.